The van der Waals surface area contributed by atoms with Crippen LogP contribution in [0.1, 0.15) is 24.5 Å². The smallest absolute Gasteiger partial charge is 0.237 e. The lowest BCUT2D eigenvalue weighted by Crippen LogP contribution is -2.50. The number of carbonyl (C=O) groups excluding carboxylic acids is 1. The Balaban J connectivity index is 1.60. The number of rotatable bonds is 3. The lowest BCUT2D eigenvalue weighted by molar-refractivity contribution is -0.126. The summed E-state index contributed by atoms with van der Waals surface area (Å²) in [6.45, 7) is 5.78. The van der Waals surface area contributed by atoms with Crippen LogP contribution in [0.25, 0.3) is 0 Å². The van der Waals surface area contributed by atoms with Gasteiger partial charge < -0.3 is 10.6 Å². The first kappa shape index (κ1) is 13.6. The van der Waals surface area contributed by atoms with E-state index in [4.69, 9.17) is 0 Å². The molecule has 1 fully saturated rings. The maximum Gasteiger partial charge on any atom is 0.237 e. The second-order valence-corrected chi connectivity index (χ2v) is 5.86. The summed E-state index contributed by atoms with van der Waals surface area (Å²) in [6, 6.07) is 8.80. The molecule has 4 nitrogen and oxygen atoms in total. The largest absolute Gasteiger partial charge is 0.351 e. The molecule has 1 aromatic rings. The Morgan fingerprint density at radius 2 is 2.20 bits per heavy atom. The average molecular weight is 273 g/mol. The minimum absolute atomic E-state index is 0.0519. The molecule has 0 bridgehead atoms. The fourth-order valence-electron chi connectivity index (χ4n) is 3.11. The third-order valence-corrected chi connectivity index (χ3v) is 4.49. The van der Waals surface area contributed by atoms with Crippen LogP contribution in [0.2, 0.25) is 0 Å². The molecule has 2 unspecified atom stereocenters. The Labute approximate surface area is 120 Å². The fourth-order valence-corrected chi connectivity index (χ4v) is 3.11. The first-order valence-electron chi connectivity index (χ1n) is 7.56. The minimum atomic E-state index is -0.0519. The van der Waals surface area contributed by atoms with E-state index in [1.54, 1.807) is 0 Å². The third kappa shape index (κ3) is 2.86. The molecule has 0 saturated carbocycles. The van der Waals surface area contributed by atoms with Crippen LogP contribution in [-0.2, 0) is 17.8 Å². The van der Waals surface area contributed by atoms with Crippen molar-refractivity contribution in [3.05, 3.63) is 35.4 Å². The van der Waals surface area contributed by atoms with Gasteiger partial charge in [0, 0.05) is 25.7 Å². The molecule has 2 heterocycles. The van der Waals surface area contributed by atoms with Crippen LogP contribution in [0.4, 0.5) is 0 Å². The van der Waals surface area contributed by atoms with Crippen LogP contribution in [0.3, 0.4) is 0 Å². The van der Waals surface area contributed by atoms with Crippen molar-refractivity contribution in [2.45, 2.75) is 38.4 Å². The zero-order valence-electron chi connectivity index (χ0n) is 12.1. The van der Waals surface area contributed by atoms with Gasteiger partial charge in [-0.2, -0.15) is 0 Å². The Kier molecular flexibility index (Phi) is 4.03. The summed E-state index contributed by atoms with van der Waals surface area (Å²) in [5.41, 5.74) is 2.79. The first-order chi connectivity index (χ1) is 9.74. The van der Waals surface area contributed by atoms with Crippen molar-refractivity contribution >= 4 is 5.91 Å². The molecule has 20 heavy (non-hydrogen) atoms. The maximum absolute atomic E-state index is 12.3. The molecule has 1 amide bonds. The fraction of sp³-hybridized carbons (Fsp3) is 0.562. The summed E-state index contributed by atoms with van der Waals surface area (Å²) in [4.78, 5) is 14.6. The van der Waals surface area contributed by atoms with Crippen LogP contribution in [0, 0.1) is 0 Å². The molecule has 0 spiro atoms. The zero-order valence-corrected chi connectivity index (χ0v) is 12.1. The second kappa shape index (κ2) is 5.94. The molecule has 3 rings (SSSR count). The molecule has 108 valence electrons. The lowest BCUT2D eigenvalue weighted by Gasteiger charge is -2.33. The van der Waals surface area contributed by atoms with E-state index in [-0.39, 0.29) is 11.9 Å². The van der Waals surface area contributed by atoms with Gasteiger partial charge in [0.1, 0.15) is 0 Å². The summed E-state index contributed by atoms with van der Waals surface area (Å²) in [5, 5.41) is 6.44. The highest BCUT2D eigenvalue weighted by atomic mass is 16.2. The molecule has 2 aliphatic heterocycles. The van der Waals surface area contributed by atoms with Gasteiger partial charge in [-0.3, -0.25) is 9.69 Å². The highest BCUT2D eigenvalue weighted by Gasteiger charge is 2.27. The van der Waals surface area contributed by atoms with Gasteiger partial charge in [-0.1, -0.05) is 24.3 Å². The van der Waals surface area contributed by atoms with Gasteiger partial charge >= 0.3 is 0 Å². The molecule has 2 N–H and O–H groups in total. The van der Waals surface area contributed by atoms with Crippen LogP contribution in [0.15, 0.2) is 24.3 Å². The molecule has 1 saturated heterocycles. The molecule has 0 aromatic heterocycles. The Morgan fingerprint density at radius 1 is 1.40 bits per heavy atom. The van der Waals surface area contributed by atoms with E-state index in [1.807, 2.05) is 6.92 Å². The summed E-state index contributed by atoms with van der Waals surface area (Å²) < 4.78 is 0. The van der Waals surface area contributed by atoms with E-state index in [0.29, 0.717) is 6.04 Å². The molecule has 4 heteroatoms. The predicted molar refractivity (Wildman–Crippen MR) is 79.4 cm³/mol. The lowest BCUT2D eigenvalue weighted by atomic mass is 9.98. The van der Waals surface area contributed by atoms with Gasteiger partial charge in [0.25, 0.3) is 0 Å². The summed E-state index contributed by atoms with van der Waals surface area (Å²) in [6.07, 6.45) is 2.08. The van der Waals surface area contributed by atoms with Gasteiger partial charge in [-0.05, 0) is 37.4 Å². The molecule has 2 atom stereocenters. The predicted octanol–water partition coefficient (Wildman–Crippen LogP) is 0.911. The van der Waals surface area contributed by atoms with E-state index < -0.39 is 0 Å². The van der Waals surface area contributed by atoms with E-state index in [0.717, 1.165) is 39.0 Å². The standard InChI is InChI=1S/C16H23N3O/c1-12(16(20)18-15-6-8-17-10-15)19-9-7-13-4-2-3-5-14(13)11-19/h2-5,12,15,17H,6-11H2,1H3,(H,18,20). The van der Waals surface area contributed by atoms with Gasteiger partial charge in [0.05, 0.1) is 6.04 Å². The van der Waals surface area contributed by atoms with E-state index in [2.05, 4.69) is 39.8 Å². The number of carbonyl (C=O) groups is 1. The number of amides is 1. The van der Waals surface area contributed by atoms with Crippen molar-refractivity contribution in [1.29, 1.82) is 0 Å². The summed E-state index contributed by atoms with van der Waals surface area (Å²) >= 11 is 0. The van der Waals surface area contributed by atoms with Crippen molar-refractivity contribution in [3.8, 4) is 0 Å². The number of hydrogen-bond acceptors (Lipinski definition) is 3. The summed E-state index contributed by atoms with van der Waals surface area (Å²) in [7, 11) is 0. The second-order valence-electron chi connectivity index (χ2n) is 5.86. The molecular weight excluding hydrogens is 250 g/mol. The highest BCUT2D eigenvalue weighted by molar-refractivity contribution is 5.81. The van der Waals surface area contributed by atoms with Gasteiger partial charge in [0.2, 0.25) is 5.91 Å². The van der Waals surface area contributed by atoms with Crippen molar-refractivity contribution in [2.75, 3.05) is 19.6 Å². The van der Waals surface area contributed by atoms with Crippen molar-refractivity contribution in [3.63, 3.8) is 0 Å². The monoisotopic (exact) mass is 273 g/mol. The maximum atomic E-state index is 12.3. The van der Waals surface area contributed by atoms with Gasteiger partial charge in [-0.15, -0.1) is 0 Å². The van der Waals surface area contributed by atoms with Crippen LogP contribution < -0.4 is 10.6 Å². The number of hydrogen-bond donors (Lipinski definition) is 2. The molecule has 1 aromatic carbocycles. The van der Waals surface area contributed by atoms with E-state index in [9.17, 15) is 4.79 Å². The topological polar surface area (TPSA) is 44.4 Å². The molecule has 0 aliphatic carbocycles. The molecule has 0 radical (unpaired) electrons. The summed E-state index contributed by atoms with van der Waals surface area (Å²) in [5.74, 6) is 0.165. The highest BCUT2D eigenvalue weighted by Crippen LogP contribution is 2.20. The van der Waals surface area contributed by atoms with Gasteiger partial charge in [0.15, 0.2) is 0 Å². The van der Waals surface area contributed by atoms with Crippen LogP contribution >= 0.6 is 0 Å². The van der Waals surface area contributed by atoms with Crippen molar-refractivity contribution in [1.82, 2.24) is 15.5 Å². The average Bonchev–Trinajstić information content (AvgIpc) is 2.99. The Hall–Kier alpha value is -1.39. The minimum Gasteiger partial charge on any atom is -0.351 e. The molecule has 2 aliphatic rings. The normalized spacial score (nSPS) is 24.1. The van der Waals surface area contributed by atoms with E-state index >= 15 is 0 Å². The van der Waals surface area contributed by atoms with E-state index in [1.165, 1.54) is 11.1 Å². The first-order valence-corrected chi connectivity index (χ1v) is 7.56. The quantitative estimate of drug-likeness (QED) is 0.860. The Bertz CT molecular complexity index is 482. The van der Waals surface area contributed by atoms with Crippen molar-refractivity contribution < 1.29 is 4.79 Å². The number of nitrogens with one attached hydrogen (secondary N) is 2. The number of nitrogens with zero attached hydrogens (tertiary/aromatic N) is 1. The zero-order chi connectivity index (χ0) is 13.9. The van der Waals surface area contributed by atoms with Crippen molar-refractivity contribution in [2.24, 2.45) is 0 Å². The number of fused-ring (bicyclic) bond motifs is 1. The SMILES string of the molecule is CC(C(=O)NC1CCNC1)N1CCc2ccccc2C1. The van der Waals surface area contributed by atoms with Crippen LogP contribution in [0.5, 0.6) is 0 Å². The Morgan fingerprint density at radius 3 is 2.95 bits per heavy atom. The third-order valence-electron chi connectivity index (χ3n) is 4.49. The molecular formula is C16H23N3O. The number of benzene rings is 1. The van der Waals surface area contributed by atoms with Gasteiger partial charge in [-0.25, -0.2) is 0 Å². The van der Waals surface area contributed by atoms with Crippen LogP contribution in [-0.4, -0.2) is 42.5 Å².